The molecule has 63 heavy (non-hydrogen) atoms. The van der Waals surface area contributed by atoms with Crippen molar-refractivity contribution in [3.05, 3.63) is 47.6 Å². The smallest absolute Gasteiger partial charge is 0.329 e. The van der Waals surface area contributed by atoms with Gasteiger partial charge >= 0.3 is 5.97 Å². The van der Waals surface area contributed by atoms with Crippen molar-refractivity contribution < 1.29 is 58.2 Å². The van der Waals surface area contributed by atoms with Gasteiger partial charge in [0.15, 0.2) is 5.78 Å². The molecule has 4 aliphatic rings. The standard InChI is InChI=1S/C50H77NO12/c1-30-15-11-10-12-16-31(2)42(60-8)28-39-23-18-36(7)50(59,63-39)47(56)48(57)51-24-14-13-17-40(51)49(58)62-43(33(4)27-37-19-21-38(52)22-20-37)29-41(53)32(3)26-35(6)45(55)46(61-9)44(54)34(5)25-30/h10-12,15-16,26,30,32-34,36-40,42-43,45-46,52,55,59H,13-14,17-25,27-29H2,1-9H3/b12-10?,15-11+,31-16?,35-26+/t30-,32-,33-,34-,36-,37?,38?,39+,40?,42+,43+,45-,46+,50-/m1/s1. The Kier molecular flexibility index (Phi) is 20.1. The molecule has 3 heterocycles. The molecule has 3 fully saturated rings. The van der Waals surface area contributed by atoms with Crippen LogP contribution < -0.4 is 0 Å². The van der Waals surface area contributed by atoms with Gasteiger partial charge in [-0.3, -0.25) is 19.2 Å². The van der Waals surface area contributed by atoms with E-state index in [1.807, 2.05) is 58.1 Å². The highest BCUT2D eigenvalue weighted by Crippen LogP contribution is 2.37. The van der Waals surface area contributed by atoms with Crippen LogP contribution >= 0.6 is 0 Å². The number of rotatable bonds is 5. The molecule has 1 amide bonds. The van der Waals surface area contributed by atoms with Gasteiger partial charge in [-0.15, -0.1) is 0 Å². The molecule has 13 nitrogen and oxygen atoms in total. The number of aliphatic hydroxyl groups excluding tert-OH is 2. The number of carbonyl (C=O) groups is 5. The average Bonchev–Trinajstić information content (AvgIpc) is 3.26. The number of hydrogen-bond acceptors (Lipinski definition) is 12. The van der Waals surface area contributed by atoms with E-state index in [4.69, 9.17) is 18.9 Å². The highest BCUT2D eigenvalue weighted by molar-refractivity contribution is 6.39. The van der Waals surface area contributed by atoms with Crippen LogP contribution in [0.15, 0.2) is 47.6 Å². The first-order valence-electron chi connectivity index (χ1n) is 23.4. The third kappa shape index (κ3) is 14.1. The molecule has 354 valence electrons. The minimum Gasteiger partial charge on any atom is -0.460 e. The summed E-state index contributed by atoms with van der Waals surface area (Å²) >= 11 is 0. The number of esters is 1. The maximum atomic E-state index is 14.3. The Morgan fingerprint density at radius 2 is 1.56 bits per heavy atom. The number of Topliss-reactive ketones (excluding diaryl/α,β-unsaturated/α-hetero) is 3. The topological polar surface area (TPSA) is 186 Å². The lowest BCUT2D eigenvalue weighted by Gasteiger charge is -2.42. The Morgan fingerprint density at radius 3 is 2.22 bits per heavy atom. The maximum Gasteiger partial charge on any atom is 0.329 e. The summed E-state index contributed by atoms with van der Waals surface area (Å²) in [5.74, 6) is -7.60. The van der Waals surface area contributed by atoms with Gasteiger partial charge < -0.3 is 39.2 Å². The van der Waals surface area contributed by atoms with Crippen LogP contribution in [0.25, 0.3) is 0 Å². The van der Waals surface area contributed by atoms with E-state index in [0.717, 1.165) is 18.4 Å². The minimum absolute atomic E-state index is 0.0273. The zero-order valence-electron chi connectivity index (χ0n) is 39.3. The lowest BCUT2D eigenvalue weighted by atomic mass is 9.79. The number of piperidine rings is 1. The number of carbonyl (C=O) groups excluding carboxylic acids is 5. The van der Waals surface area contributed by atoms with E-state index < -0.39 is 77.8 Å². The molecule has 1 saturated carbocycles. The number of ether oxygens (including phenoxy) is 4. The Hall–Kier alpha value is -3.33. The predicted octanol–water partition coefficient (Wildman–Crippen LogP) is 6.56. The van der Waals surface area contributed by atoms with Crippen LogP contribution in [0.3, 0.4) is 0 Å². The Morgan fingerprint density at radius 1 is 0.857 bits per heavy atom. The SMILES string of the molecule is CO[C@H]1C[C@@H]2CC[C@@H](C)[C@@](O)(O2)C(=O)C(=O)N2CCCCC2C(=O)O[C@H]([C@H](C)CC2CCC(O)CC2)CC(=O)[C@H](C)/C=C(\C)[C@@H](O)[C@@H](OC)C(=O)[C@H](C)C[C@H](C)/C=C/C=CC=C1C. The second-order valence-electron chi connectivity index (χ2n) is 19.2. The fraction of sp³-hybridized carbons (Fsp3) is 0.740. The summed E-state index contributed by atoms with van der Waals surface area (Å²) in [5.41, 5.74) is 1.29. The zero-order chi connectivity index (χ0) is 46.6. The van der Waals surface area contributed by atoms with E-state index in [1.54, 1.807) is 34.0 Å². The molecule has 0 spiro atoms. The average molecular weight is 884 g/mol. The van der Waals surface area contributed by atoms with Crippen molar-refractivity contribution in [3.8, 4) is 0 Å². The van der Waals surface area contributed by atoms with Gasteiger partial charge in [0.1, 0.15) is 30.1 Å². The highest BCUT2D eigenvalue weighted by atomic mass is 16.6. The van der Waals surface area contributed by atoms with Gasteiger partial charge in [0.05, 0.1) is 18.3 Å². The highest BCUT2D eigenvalue weighted by Gasteiger charge is 2.53. The van der Waals surface area contributed by atoms with Crippen LogP contribution in [0.1, 0.15) is 132 Å². The minimum atomic E-state index is -2.41. The molecular formula is C50H77NO12. The van der Waals surface area contributed by atoms with Gasteiger partial charge in [0.2, 0.25) is 5.79 Å². The summed E-state index contributed by atoms with van der Waals surface area (Å²) in [6.45, 7) is 12.8. The van der Waals surface area contributed by atoms with Crippen molar-refractivity contribution in [2.75, 3.05) is 20.8 Å². The number of aliphatic hydroxyl groups is 3. The van der Waals surface area contributed by atoms with Crippen LogP contribution in [0, 0.1) is 35.5 Å². The maximum absolute atomic E-state index is 14.3. The lowest BCUT2D eigenvalue weighted by molar-refractivity contribution is -0.265. The van der Waals surface area contributed by atoms with E-state index in [0.29, 0.717) is 63.4 Å². The molecule has 0 aromatic heterocycles. The van der Waals surface area contributed by atoms with E-state index in [-0.39, 0.29) is 54.8 Å². The zero-order valence-corrected chi connectivity index (χ0v) is 39.3. The molecule has 2 bridgehead atoms. The van der Waals surface area contributed by atoms with Crippen molar-refractivity contribution in [2.24, 2.45) is 35.5 Å². The third-order valence-electron chi connectivity index (χ3n) is 14.1. The number of cyclic esters (lactones) is 1. The van der Waals surface area contributed by atoms with Crippen LogP contribution in [0.2, 0.25) is 0 Å². The van der Waals surface area contributed by atoms with Crippen molar-refractivity contribution in [2.45, 2.75) is 180 Å². The van der Waals surface area contributed by atoms with Crippen LogP contribution in [0.5, 0.6) is 0 Å². The first kappa shape index (κ1) is 52.3. The molecule has 0 aromatic rings. The molecule has 1 aliphatic carbocycles. The second-order valence-corrected chi connectivity index (χ2v) is 19.2. The number of allylic oxidation sites excluding steroid dienone is 6. The van der Waals surface area contributed by atoms with Crippen molar-refractivity contribution in [1.29, 1.82) is 0 Å². The summed E-state index contributed by atoms with van der Waals surface area (Å²) in [4.78, 5) is 71.5. The second kappa shape index (κ2) is 24.3. The molecule has 0 radical (unpaired) electrons. The van der Waals surface area contributed by atoms with E-state index in [1.165, 1.54) is 12.0 Å². The first-order valence-corrected chi connectivity index (χ1v) is 23.4. The van der Waals surface area contributed by atoms with Gasteiger partial charge in [-0.05, 0) is 113 Å². The number of amides is 1. The Labute approximate surface area is 375 Å². The van der Waals surface area contributed by atoms with E-state index in [9.17, 15) is 39.3 Å². The number of fused-ring (bicyclic) bond motifs is 3. The molecule has 3 aliphatic heterocycles. The molecule has 2 saturated heterocycles. The molecule has 12 atom stereocenters. The number of hydrogen-bond donors (Lipinski definition) is 3. The fourth-order valence-electron chi connectivity index (χ4n) is 9.83. The van der Waals surface area contributed by atoms with Gasteiger partial charge in [0, 0.05) is 51.4 Å². The summed E-state index contributed by atoms with van der Waals surface area (Å²) in [6.07, 6.45) is 13.2. The summed E-state index contributed by atoms with van der Waals surface area (Å²) < 4.78 is 23.8. The molecule has 3 N–H and O–H groups in total. The van der Waals surface area contributed by atoms with Crippen LogP contribution in [0.4, 0.5) is 0 Å². The third-order valence-corrected chi connectivity index (χ3v) is 14.1. The Bertz CT molecular complexity index is 1690. The first-order chi connectivity index (χ1) is 29.8. The quantitative estimate of drug-likeness (QED) is 0.154. The van der Waals surface area contributed by atoms with Crippen molar-refractivity contribution in [3.63, 3.8) is 0 Å². The van der Waals surface area contributed by atoms with E-state index >= 15 is 0 Å². The number of ketones is 3. The fourth-order valence-corrected chi connectivity index (χ4v) is 9.83. The summed E-state index contributed by atoms with van der Waals surface area (Å²) in [5, 5.41) is 33.4. The molecule has 13 heteroatoms. The van der Waals surface area contributed by atoms with E-state index in [2.05, 4.69) is 0 Å². The summed E-state index contributed by atoms with van der Waals surface area (Å²) in [6, 6.07) is -1.11. The molecule has 1 unspecified atom stereocenters. The van der Waals surface area contributed by atoms with Gasteiger partial charge in [-0.25, -0.2) is 4.79 Å². The normalized spacial score (nSPS) is 38.8. The van der Waals surface area contributed by atoms with Crippen LogP contribution in [-0.4, -0.2) is 119 Å². The number of nitrogens with zero attached hydrogens (tertiary/aromatic N) is 1. The van der Waals surface area contributed by atoms with Gasteiger partial charge in [-0.1, -0.05) is 71.1 Å². The predicted molar refractivity (Wildman–Crippen MR) is 239 cm³/mol. The van der Waals surface area contributed by atoms with Crippen molar-refractivity contribution >= 4 is 29.2 Å². The lowest BCUT2D eigenvalue weighted by Crippen LogP contribution is -2.61. The monoisotopic (exact) mass is 884 g/mol. The summed E-state index contributed by atoms with van der Waals surface area (Å²) in [7, 11) is 2.96. The number of methoxy groups -OCH3 is 2. The Balaban J connectivity index is 1.69. The largest absolute Gasteiger partial charge is 0.460 e. The van der Waals surface area contributed by atoms with Gasteiger partial charge in [-0.2, -0.15) is 0 Å². The molecule has 4 rings (SSSR count). The van der Waals surface area contributed by atoms with Gasteiger partial charge in [0.25, 0.3) is 11.7 Å². The van der Waals surface area contributed by atoms with Crippen molar-refractivity contribution in [1.82, 2.24) is 4.90 Å². The molecular weight excluding hydrogens is 807 g/mol. The van der Waals surface area contributed by atoms with Crippen LogP contribution in [-0.2, 0) is 42.9 Å². The molecule has 0 aromatic carbocycles.